The van der Waals surface area contributed by atoms with Crippen LogP contribution in [0.3, 0.4) is 0 Å². The summed E-state index contributed by atoms with van der Waals surface area (Å²) in [6, 6.07) is 8.52. The van der Waals surface area contributed by atoms with Crippen LogP contribution >= 0.6 is 0 Å². The Morgan fingerprint density at radius 1 is 0.900 bits per heavy atom. The highest BCUT2D eigenvalue weighted by molar-refractivity contribution is 5.95. The fourth-order valence-corrected chi connectivity index (χ4v) is 8.80. The standard InChI is InChI=1S/C40H55N7O3/c1-28-24-45(25-28)37(49)50-33-10-7-29(8-11-33)36(48)46(35-21-30(13-20-41-35)31-22-43-47(26-31)38(2,3)4)27-39-14-17-40(18-15-39,19-16-39)32-9-12-34(42-23-32)44(5)6/h9,12-13,20-23,26,28-29,33H,7-8,10-11,14-19,24-25,27H2,1-6H3. The smallest absolute Gasteiger partial charge is 0.410 e. The Kier molecular flexibility index (Phi) is 9.18. The van der Waals surface area contributed by atoms with Gasteiger partial charge in [-0.1, -0.05) is 13.0 Å². The molecule has 268 valence electrons. The SMILES string of the molecule is CC1CN(C(=O)OC2CCC(C(=O)N(CC34CCC(c5ccc(N(C)C)nc5)(CC3)CC4)c3cc(-c4cnn(C(C)(C)C)c4)ccn3)CC2)C1. The molecular weight excluding hydrogens is 626 g/mol. The zero-order chi connectivity index (χ0) is 35.3. The number of carbonyl (C=O) groups is 2. The third kappa shape index (κ3) is 6.87. The minimum atomic E-state index is -0.204. The summed E-state index contributed by atoms with van der Waals surface area (Å²) in [7, 11) is 4.06. The molecule has 1 aliphatic heterocycles. The number of likely N-dealkylation sites (tertiary alicyclic amines) is 1. The van der Waals surface area contributed by atoms with Crippen molar-refractivity contribution in [3.63, 3.8) is 0 Å². The lowest BCUT2D eigenvalue weighted by atomic mass is 9.52. The maximum absolute atomic E-state index is 14.7. The second-order valence-electron chi connectivity index (χ2n) is 17.1. The summed E-state index contributed by atoms with van der Waals surface area (Å²) in [6.07, 6.45) is 17.0. The molecule has 3 aromatic rings. The number of carbonyl (C=O) groups excluding carboxylic acids is 2. The van der Waals surface area contributed by atoms with Gasteiger partial charge < -0.3 is 14.5 Å². The quantitative estimate of drug-likeness (QED) is 0.244. The Hall–Kier alpha value is -3.95. The summed E-state index contributed by atoms with van der Waals surface area (Å²) in [6.45, 7) is 10.8. The lowest BCUT2D eigenvalue weighted by Gasteiger charge is -2.55. The normalized spacial score (nSPS) is 26.7. The molecule has 50 heavy (non-hydrogen) atoms. The molecular formula is C40H55N7O3. The molecule has 2 amide bonds. The third-order valence-corrected chi connectivity index (χ3v) is 12.2. The molecule has 5 fully saturated rings. The summed E-state index contributed by atoms with van der Waals surface area (Å²) in [4.78, 5) is 42.8. The van der Waals surface area contributed by atoms with Crippen LogP contribution in [-0.2, 0) is 20.5 Å². The minimum absolute atomic E-state index is 0.0598. The number of hydrogen-bond acceptors (Lipinski definition) is 7. The van der Waals surface area contributed by atoms with Crippen molar-refractivity contribution >= 4 is 23.6 Å². The van der Waals surface area contributed by atoms with E-state index in [1.807, 2.05) is 47.0 Å². The number of rotatable bonds is 8. The molecule has 0 aromatic carbocycles. The van der Waals surface area contributed by atoms with Gasteiger partial charge in [-0.25, -0.2) is 14.8 Å². The van der Waals surface area contributed by atoms with Gasteiger partial charge in [0, 0.05) is 63.8 Å². The number of nitrogens with zero attached hydrogens (tertiary/aromatic N) is 7. The van der Waals surface area contributed by atoms with Crippen molar-refractivity contribution in [3.05, 3.63) is 54.6 Å². The summed E-state index contributed by atoms with van der Waals surface area (Å²) in [5.41, 5.74) is 3.49. The molecule has 0 radical (unpaired) electrons. The Bertz CT molecular complexity index is 1650. The zero-order valence-corrected chi connectivity index (χ0v) is 30.9. The first kappa shape index (κ1) is 34.5. The molecule has 1 saturated heterocycles. The van der Waals surface area contributed by atoms with Crippen LogP contribution in [0.15, 0.2) is 49.1 Å². The van der Waals surface area contributed by atoms with E-state index < -0.39 is 0 Å². The van der Waals surface area contributed by atoms with Gasteiger partial charge in [-0.2, -0.15) is 5.10 Å². The van der Waals surface area contributed by atoms with Gasteiger partial charge in [-0.3, -0.25) is 14.4 Å². The van der Waals surface area contributed by atoms with Gasteiger partial charge in [0.15, 0.2) is 0 Å². The first-order chi connectivity index (χ1) is 23.8. The largest absolute Gasteiger partial charge is 0.446 e. The predicted molar refractivity (Wildman–Crippen MR) is 196 cm³/mol. The first-order valence-electron chi connectivity index (χ1n) is 18.8. The number of anilines is 2. The molecule has 0 N–H and O–H groups in total. The van der Waals surface area contributed by atoms with E-state index in [9.17, 15) is 9.59 Å². The predicted octanol–water partition coefficient (Wildman–Crippen LogP) is 7.43. The van der Waals surface area contributed by atoms with E-state index in [1.54, 1.807) is 4.90 Å². The molecule has 5 aliphatic rings. The van der Waals surface area contributed by atoms with Crippen LogP contribution < -0.4 is 9.80 Å². The Morgan fingerprint density at radius 3 is 2.18 bits per heavy atom. The third-order valence-electron chi connectivity index (χ3n) is 12.2. The van der Waals surface area contributed by atoms with Crippen molar-refractivity contribution in [1.29, 1.82) is 0 Å². The molecule has 8 rings (SSSR count). The van der Waals surface area contributed by atoms with Crippen molar-refractivity contribution in [3.8, 4) is 11.1 Å². The van der Waals surface area contributed by atoms with Crippen LogP contribution in [0, 0.1) is 17.3 Å². The van der Waals surface area contributed by atoms with E-state index in [0.29, 0.717) is 38.1 Å². The first-order valence-corrected chi connectivity index (χ1v) is 18.8. The van der Waals surface area contributed by atoms with Crippen molar-refractivity contribution in [2.75, 3.05) is 43.5 Å². The molecule has 0 unspecified atom stereocenters. The molecule has 10 nitrogen and oxygen atoms in total. The fraction of sp³-hybridized carbons (Fsp3) is 0.625. The summed E-state index contributed by atoms with van der Waals surface area (Å²) < 4.78 is 7.85. The molecule has 10 heteroatoms. The second kappa shape index (κ2) is 13.3. The summed E-state index contributed by atoms with van der Waals surface area (Å²) >= 11 is 0. The van der Waals surface area contributed by atoms with Gasteiger partial charge >= 0.3 is 6.09 Å². The topological polar surface area (TPSA) is 96.7 Å². The summed E-state index contributed by atoms with van der Waals surface area (Å²) in [5.74, 6) is 2.28. The van der Waals surface area contributed by atoms with Gasteiger partial charge in [-0.05, 0) is 131 Å². The van der Waals surface area contributed by atoms with E-state index in [0.717, 1.165) is 74.4 Å². The van der Waals surface area contributed by atoms with Crippen LogP contribution in [0.2, 0.25) is 0 Å². The highest BCUT2D eigenvalue weighted by atomic mass is 16.6. The number of hydrogen-bond donors (Lipinski definition) is 0. The highest BCUT2D eigenvalue weighted by Gasteiger charge is 2.51. The van der Waals surface area contributed by atoms with E-state index in [-0.39, 0.29) is 40.4 Å². The van der Waals surface area contributed by atoms with Gasteiger partial charge in [-0.15, -0.1) is 0 Å². The molecule has 0 atom stereocenters. The maximum atomic E-state index is 14.7. The van der Waals surface area contributed by atoms with Crippen molar-refractivity contribution in [2.45, 2.75) is 109 Å². The molecule has 0 spiro atoms. The number of aromatic nitrogens is 4. The van der Waals surface area contributed by atoms with Crippen LogP contribution in [0.1, 0.15) is 97.5 Å². The van der Waals surface area contributed by atoms with E-state index >= 15 is 0 Å². The lowest BCUT2D eigenvalue weighted by Crippen LogP contribution is -2.52. The average molecular weight is 682 g/mol. The second-order valence-corrected chi connectivity index (χ2v) is 17.1. The fourth-order valence-electron chi connectivity index (χ4n) is 8.80. The van der Waals surface area contributed by atoms with E-state index in [1.165, 1.54) is 5.56 Å². The Balaban J connectivity index is 1.10. The molecule has 4 heterocycles. The van der Waals surface area contributed by atoms with Gasteiger partial charge in [0.2, 0.25) is 5.91 Å². The maximum Gasteiger partial charge on any atom is 0.410 e. The lowest BCUT2D eigenvalue weighted by molar-refractivity contribution is -0.124. The molecule has 4 saturated carbocycles. The van der Waals surface area contributed by atoms with E-state index in [2.05, 4.69) is 63.4 Å². The van der Waals surface area contributed by atoms with Gasteiger partial charge in [0.25, 0.3) is 0 Å². The van der Waals surface area contributed by atoms with Crippen LogP contribution in [0.25, 0.3) is 11.1 Å². The molecule has 3 aromatic heterocycles. The number of amides is 2. The zero-order valence-electron chi connectivity index (χ0n) is 30.9. The molecule has 4 aliphatic carbocycles. The number of pyridine rings is 2. The van der Waals surface area contributed by atoms with Crippen LogP contribution in [0.5, 0.6) is 0 Å². The van der Waals surface area contributed by atoms with E-state index in [4.69, 9.17) is 14.7 Å². The summed E-state index contributed by atoms with van der Waals surface area (Å²) in [5, 5.41) is 4.64. The van der Waals surface area contributed by atoms with Crippen LogP contribution in [0.4, 0.5) is 16.4 Å². The Morgan fingerprint density at radius 2 is 1.60 bits per heavy atom. The van der Waals surface area contributed by atoms with Crippen molar-refractivity contribution < 1.29 is 14.3 Å². The van der Waals surface area contributed by atoms with Crippen molar-refractivity contribution in [1.82, 2.24) is 24.6 Å². The highest BCUT2D eigenvalue weighted by Crippen LogP contribution is 2.58. The minimum Gasteiger partial charge on any atom is -0.446 e. The molecule has 2 bridgehead atoms. The average Bonchev–Trinajstić information content (AvgIpc) is 3.62. The monoisotopic (exact) mass is 681 g/mol. The Labute approximate surface area is 297 Å². The van der Waals surface area contributed by atoms with Crippen LogP contribution in [-0.4, -0.2) is 76.5 Å². The van der Waals surface area contributed by atoms with Crippen molar-refractivity contribution in [2.24, 2.45) is 17.3 Å². The number of fused-ring (bicyclic) bond motifs is 3. The number of ether oxygens (including phenoxy) is 1. The van der Waals surface area contributed by atoms with Gasteiger partial charge in [0.1, 0.15) is 17.7 Å². The van der Waals surface area contributed by atoms with Gasteiger partial charge in [0.05, 0.1) is 11.7 Å².